The van der Waals surface area contributed by atoms with Gasteiger partial charge < -0.3 is 30.5 Å². The molecule has 0 saturated carbocycles. The number of aliphatic hydroxyl groups is 1. The summed E-state index contributed by atoms with van der Waals surface area (Å²) in [5.41, 5.74) is 1.98. The number of aromatic hydroxyl groups is 1. The molecule has 0 bridgehead atoms. The third kappa shape index (κ3) is 9.91. The number of nitrogens with one attached hydrogen (secondary N) is 3. The molecule has 0 aliphatic carbocycles. The van der Waals surface area contributed by atoms with Gasteiger partial charge in [-0.05, 0) is 74.1 Å². The number of anilines is 2. The zero-order valence-electron chi connectivity index (χ0n) is 24.1. The monoisotopic (exact) mass is 590 g/mol. The van der Waals surface area contributed by atoms with E-state index in [9.17, 15) is 28.2 Å². The smallest absolute Gasteiger partial charge is 0.328 e. The largest absolute Gasteiger partial charge is 0.506 e. The summed E-state index contributed by atoms with van der Waals surface area (Å²) in [6.07, 6.45) is 2.31. The first-order valence-corrected chi connectivity index (χ1v) is 15.8. The fourth-order valence-electron chi connectivity index (χ4n) is 4.77. The maximum Gasteiger partial charge on any atom is 0.328 e. The molecule has 5 N–H and O–H groups in total. The summed E-state index contributed by atoms with van der Waals surface area (Å²) in [5, 5.41) is 26.7. The Labute approximate surface area is 242 Å². The molecule has 0 unspecified atom stereocenters. The average molecular weight is 591 g/mol. The van der Waals surface area contributed by atoms with Crippen molar-refractivity contribution in [1.82, 2.24) is 10.6 Å². The lowest BCUT2D eigenvalue weighted by molar-refractivity contribution is -0.145. The van der Waals surface area contributed by atoms with Gasteiger partial charge in [0.1, 0.15) is 11.8 Å². The van der Waals surface area contributed by atoms with Gasteiger partial charge in [0.2, 0.25) is 10.0 Å². The van der Waals surface area contributed by atoms with E-state index in [1.165, 1.54) is 12.1 Å². The highest BCUT2D eigenvalue weighted by Gasteiger charge is 2.24. The number of benzene rings is 2. The minimum atomic E-state index is -3.57. The summed E-state index contributed by atoms with van der Waals surface area (Å²) in [5.74, 6) is -0.735. The van der Waals surface area contributed by atoms with Gasteiger partial charge >= 0.3 is 5.97 Å². The quantitative estimate of drug-likeness (QED) is 0.175. The molecule has 0 aromatic heterocycles. The fraction of sp³-hybridized carbons (Fsp3) is 0.517. The zero-order valence-corrected chi connectivity index (χ0v) is 24.9. The van der Waals surface area contributed by atoms with Crippen LogP contribution in [0.15, 0.2) is 42.5 Å². The number of ether oxygens (including phenoxy) is 1. The maximum atomic E-state index is 12.8. The van der Waals surface area contributed by atoms with Crippen molar-refractivity contribution >= 4 is 33.3 Å². The molecule has 2 aromatic rings. The number of piperidine rings is 1. The van der Waals surface area contributed by atoms with Crippen molar-refractivity contribution in [1.29, 1.82) is 0 Å². The molecule has 2 atom stereocenters. The third-order valence-corrected chi connectivity index (χ3v) is 7.46. The van der Waals surface area contributed by atoms with Gasteiger partial charge in [-0.1, -0.05) is 19.9 Å². The zero-order chi connectivity index (χ0) is 30.2. The highest BCUT2D eigenvalue weighted by molar-refractivity contribution is 7.92. The van der Waals surface area contributed by atoms with Crippen LogP contribution in [0.2, 0.25) is 0 Å². The molecule has 1 aliphatic heterocycles. The summed E-state index contributed by atoms with van der Waals surface area (Å²) >= 11 is 0. The van der Waals surface area contributed by atoms with Crippen LogP contribution in [0.25, 0.3) is 0 Å². The lowest BCUT2D eigenvalue weighted by Crippen LogP contribution is -2.43. The second kappa shape index (κ2) is 14.5. The molecule has 1 amide bonds. The number of amides is 1. The second-order valence-electron chi connectivity index (χ2n) is 10.8. The molecular formula is C29H42N4O7S. The molecule has 1 aliphatic rings. The average Bonchev–Trinajstić information content (AvgIpc) is 2.92. The lowest BCUT2D eigenvalue weighted by Gasteiger charge is -2.34. The number of esters is 1. The van der Waals surface area contributed by atoms with E-state index >= 15 is 0 Å². The predicted molar refractivity (Wildman–Crippen MR) is 159 cm³/mol. The molecule has 1 saturated heterocycles. The molecule has 1 heterocycles. The number of carbonyl (C=O) groups is 2. The number of hydrogen-bond acceptors (Lipinski definition) is 9. The number of hydrogen-bond donors (Lipinski definition) is 5. The van der Waals surface area contributed by atoms with Crippen molar-refractivity contribution in [2.45, 2.75) is 58.2 Å². The molecule has 11 nitrogen and oxygen atoms in total. The highest BCUT2D eigenvalue weighted by atomic mass is 32.2. The summed E-state index contributed by atoms with van der Waals surface area (Å²) < 4.78 is 30.4. The molecule has 0 radical (unpaired) electrons. The predicted octanol–water partition coefficient (Wildman–Crippen LogP) is 2.76. The van der Waals surface area contributed by atoms with E-state index in [0.29, 0.717) is 17.5 Å². The van der Waals surface area contributed by atoms with Gasteiger partial charge in [0.25, 0.3) is 5.91 Å². The summed E-state index contributed by atoms with van der Waals surface area (Å²) in [6, 6.07) is 11.2. The SMILES string of the molecule is CCOC(=O)[C@H](CC(C)C)NC(=O)c1ccc(N2CCC(NC[C@H](O)c3ccc(O)c(NS(C)(=O)=O)c3)CC2)cc1. The number of aliphatic hydroxyl groups excluding tert-OH is 1. The first kappa shape index (κ1) is 32.2. The van der Waals surface area contributed by atoms with Crippen LogP contribution < -0.4 is 20.3 Å². The number of carbonyl (C=O) groups excluding carboxylic acids is 2. The summed E-state index contributed by atoms with van der Waals surface area (Å²) in [4.78, 5) is 27.3. The Hall–Kier alpha value is -3.35. The van der Waals surface area contributed by atoms with Crippen LogP contribution in [0.5, 0.6) is 5.75 Å². The van der Waals surface area contributed by atoms with Gasteiger partial charge in [0.15, 0.2) is 0 Å². The van der Waals surface area contributed by atoms with Crippen molar-refractivity contribution in [2.75, 3.05) is 42.1 Å². The van der Waals surface area contributed by atoms with Crippen molar-refractivity contribution < 1.29 is 33.0 Å². The Balaban J connectivity index is 1.50. The van der Waals surface area contributed by atoms with E-state index in [1.807, 2.05) is 26.0 Å². The Bertz CT molecular complexity index is 1280. The second-order valence-corrected chi connectivity index (χ2v) is 12.5. The summed E-state index contributed by atoms with van der Waals surface area (Å²) in [7, 11) is -3.57. The number of sulfonamides is 1. The van der Waals surface area contributed by atoms with Gasteiger partial charge in [-0.3, -0.25) is 9.52 Å². The molecular weight excluding hydrogens is 548 g/mol. The van der Waals surface area contributed by atoms with E-state index in [-0.39, 0.29) is 42.5 Å². The van der Waals surface area contributed by atoms with Gasteiger partial charge in [-0.25, -0.2) is 13.2 Å². The van der Waals surface area contributed by atoms with E-state index in [1.54, 1.807) is 25.1 Å². The number of phenolic OH excluding ortho intramolecular Hbond substituents is 1. The molecule has 226 valence electrons. The van der Waals surface area contributed by atoms with Gasteiger partial charge in [-0.2, -0.15) is 0 Å². The van der Waals surface area contributed by atoms with Crippen molar-refractivity contribution in [3.05, 3.63) is 53.6 Å². The number of phenols is 1. The van der Waals surface area contributed by atoms with Crippen LogP contribution >= 0.6 is 0 Å². The molecule has 1 fully saturated rings. The number of rotatable bonds is 13. The summed E-state index contributed by atoms with van der Waals surface area (Å²) in [6.45, 7) is 7.83. The third-order valence-electron chi connectivity index (χ3n) is 6.87. The van der Waals surface area contributed by atoms with Crippen molar-refractivity contribution in [3.63, 3.8) is 0 Å². The standard InChI is InChI=1S/C29H42N4O7S/c1-5-40-29(37)25(16-19(2)3)31-28(36)20-6-9-23(10-7-20)33-14-12-22(13-15-33)30-18-27(35)21-8-11-26(34)24(17-21)32-41(4,38)39/h6-11,17,19,22,25,27,30,32,34-35H,5,12-16,18H2,1-4H3,(H,31,36)/t25-,27-/m0/s1. The molecule has 41 heavy (non-hydrogen) atoms. The Morgan fingerprint density at radius 1 is 1.10 bits per heavy atom. The van der Waals surface area contributed by atoms with Crippen LogP contribution in [0.3, 0.4) is 0 Å². The normalized spacial score (nSPS) is 15.8. The van der Waals surface area contributed by atoms with Crippen molar-refractivity contribution in [2.24, 2.45) is 5.92 Å². The minimum absolute atomic E-state index is 0.0234. The van der Waals surface area contributed by atoms with Crippen LogP contribution in [-0.2, 0) is 19.6 Å². The van der Waals surface area contributed by atoms with Gasteiger partial charge in [0.05, 0.1) is 24.7 Å². The van der Waals surface area contributed by atoms with Gasteiger partial charge in [-0.15, -0.1) is 0 Å². The van der Waals surface area contributed by atoms with Crippen molar-refractivity contribution in [3.8, 4) is 5.75 Å². The fourth-order valence-corrected chi connectivity index (χ4v) is 5.34. The Morgan fingerprint density at radius 2 is 1.76 bits per heavy atom. The first-order chi connectivity index (χ1) is 19.4. The Kier molecular flexibility index (Phi) is 11.4. The molecule has 3 rings (SSSR count). The molecule has 12 heteroatoms. The maximum absolute atomic E-state index is 12.8. The van der Waals surface area contributed by atoms with E-state index < -0.39 is 28.1 Å². The molecule has 0 spiro atoms. The minimum Gasteiger partial charge on any atom is -0.506 e. The lowest BCUT2D eigenvalue weighted by atomic mass is 10.0. The van der Waals surface area contributed by atoms with Crippen LogP contribution in [0.4, 0.5) is 11.4 Å². The number of nitrogens with zero attached hydrogens (tertiary/aromatic N) is 1. The molecule has 2 aromatic carbocycles. The van der Waals surface area contributed by atoms with E-state index in [0.717, 1.165) is 37.9 Å². The van der Waals surface area contributed by atoms with Crippen LogP contribution in [0.1, 0.15) is 62.1 Å². The van der Waals surface area contributed by atoms with E-state index in [2.05, 4.69) is 20.3 Å². The van der Waals surface area contributed by atoms with Crippen LogP contribution in [0, 0.1) is 5.92 Å². The Morgan fingerprint density at radius 3 is 2.34 bits per heavy atom. The topological polar surface area (TPSA) is 157 Å². The van der Waals surface area contributed by atoms with Gasteiger partial charge in [0, 0.05) is 36.9 Å². The highest BCUT2D eigenvalue weighted by Crippen LogP contribution is 2.28. The van der Waals surface area contributed by atoms with Crippen LogP contribution in [-0.4, -0.2) is 75.1 Å². The first-order valence-electron chi connectivity index (χ1n) is 13.9. The van der Waals surface area contributed by atoms with E-state index in [4.69, 9.17) is 4.74 Å².